The van der Waals surface area contributed by atoms with E-state index >= 15 is 0 Å². The number of nitrogens with zero attached hydrogens (tertiary/aromatic N) is 2. The van der Waals surface area contributed by atoms with Crippen LogP contribution in [0.4, 0.5) is 5.82 Å². The maximum absolute atomic E-state index is 8.00. The average Bonchev–Trinajstić information content (AvgIpc) is 3.03. The SMILES string of the molecule is C=O.CC.CNC(C)(C)C.Cc1cncc(-c2cnc(NC(C)c3ccccc3)c3c(-c4ccccc4)cccc23)c1. The van der Waals surface area contributed by atoms with E-state index in [0.717, 1.165) is 33.3 Å². The zero-order chi connectivity index (χ0) is 31.1. The van der Waals surface area contributed by atoms with Gasteiger partial charge in [-0.3, -0.25) is 4.98 Å². The summed E-state index contributed by atoms with van der Waals surface area (Å²) in [6, 6.07) is 29.8. The number of carbonyl (C=O) groups excluding carboxylic acids is 1. The van der Waals surface area contributed by atoms with E-state index in [4.69, 9.17) is 9.78 Å². The molecule has 0 aliphatic rings. The normalized spacial score (nSPS) is 11.0. The van der Waals surface area contributed by atoms with Crippen molar-refractivity contribution in [3.8, 4) is 22.3 Å². The van der Waals surface area contributed by atoms with Crippen LogP contribution >= 0.6 is 0 Å². The maximum Gasteiger partial charge on any atom is 0.134 e. The molecule has 2 heterocycles. The van der Waals surface area contributed by atoms with Gasteiger partial charge in [-0.2, -0.15) is 0 Å². The molecule has 2 aromatic heterocycles. The summed E-state index contributed by atoms with van der Waals surface area (Å²) in [4.78, 5) is 17.3. The molecule has 0 aliphatic carbocycles. The summed E-state index contributed by atoms with van der Waals surface area (Å²) in [7, 11) is 1.96. The van der Waals surface area contributed by atoms with Crippen LogP contribution in [-0.2, 0) is 4.79 Å². The largest absolute Gasteiger partial charge is 0.363 e. The van der Waals surface area contributed by atoms with E-state index < -0.39 is 0 Å². The zero-order valence-corrected chi connectivity index (χ0v) is 26.4. The van der Waals surface area contributed by atoms with Crippen LogP contribution < -0.4 is 10.6 Å². The first-order chi connectivity index (χ1) is 20.3. The Balaban J connectivity index is 0.000000543. The molecule has 3 aromatic carbocycles. The van der Waals surface area contributed by atoms with Crippen molar-refractivity contribution in [2.24, 2.45) is 0 Å². The molecule has 0 radical (unpaired) electrons. The number of hydrogen-bond donors (Lipinski definition) is 2. The summed E-state index contributed by atoms with van der Waals surface area (Å²) in [6.45, 7) is 16.6. The van der Waals surface area contributed by atoms with Gasteiger partial charge in [0.1, 0.15) is 12.6 Å². The summed E-state index contributed by atoms with van der Waals surface area (Å²) in [5, 5.41) is 9.07. The molecule has 0 saturated heterocycles. The monoisotopic (exact) mass is 562 g/mol. The molecular weight excluding hydrogens is 516 g/mol. The first-order valence-corrected chi connectivity index (χ1v) is 14.5. The molecule has 0 spiro atoms. The maximum atomic E-state index is 8.00. The molecule has 0 fully saturated rings. The minimum Gasteiger partial charge on any atom is -0.363 e. The smallest absolute Gasteiger partial charge is 0.134 e. The van der Waals surface area contributed by atoms with Crippen molar-refractivity contribution in [3.63, 3.8) is 0 Å². The molecule has 0 amide bonds. The van der Waals surface area contributed by atoms with Gasteiger partial charge in [-0.1, -0.05) is 92.7 Å². The van der Waals surface area contributed by atoms with Crippen LogP contribution in [0.1, 0.15) is 58.7 Å². The predicted molar refractivity (Wildman–Crippen MR) is 181 cm³/mol. The van der Waals surface area contributed by atoms with Crippen molar-refractivity contribution >= 4 is 23.4 Å². The molecule has 0 saturated carbocycles. The Morgan fingerprint density at radius 2 is 1.36 bits per heavy atom. The Labute approximate surface area is 252 Å². The van der Waals surface area contributed by atoms with Crippen molar-refractivity contribution in [2.45, 2.75) is 60.0 Å². The summed E-state index contributed by atoms with van der Waals surface area (Å²) in [6.07, 6.45) is 5.76. The molecule has 220 valence electrons. The van der Waals surface area contributed by atoms with Crippen LogP contribution in [0.3, 0.4) is 0 Å². The second-order valence-electron chi connectivity index (χ2n) is 10.6. The van der Waals surface area contributed by atoms with Crippen LogP contribution in [0.5, 0.6) is 0 Å². The Morgan fingerprint density at radius 3 is 1.93 bits per heavy atom. The summed E-state index contributed by atoms with van der Waals surface area (Å²) in [5.41, 5.74) is 7.17. The second kappa shape index (κ2) is 16.8. The van der Waals surface area contributed by atoms with E-state index in [1.807, 2.05) is 58.4 Å². The van der Waals surface area contributed by atoms with Crippen LogP contribution in [0.2, 0.25) is 0 Å². The van der Waals surface area contributed by atoms with Gasteiger partial charge in [-0.05, 0) is 75.4 Å². The highest BCUT2D eigenvalue weighted by Crippen LogP contribution is 2.39. The van der Waals surface area contributed by atoms with E-state index in [1.165, 1.54) is 16.7 Å². The quantitative estimate of drug-likeness (QED) is 0.223. The van der Waals surface area contributed by atoms with E-state index in [-0.39, 0.29) is 6.04 Å². The van der Waals surface area contributed by atoms with Gasteiger partial charge < -0.3 is 15.4 Å². The van der Waals surface area contributed by atoms with Gasteiger partial charge in [0.25, 0.3) is 0 Å². The van der Waals surface area contributed by atoms with Crippen molar-refractivity contribution in [3.05, 3.63) is 115 Å². The highest BCUT2D eigenvalue weighted by molar-refractivity contribution is 6.09. The number of aryl methyl sites for hydroxylation is 1. The fraction of sp³-hybridized carbons (Fsp3) is 0.270. The molecule has 1 unspecified atom stereocenters. The van der Waals surface area contributed by atoms with Crippen LogP contribution in [0, 0.1) is 6.92 Å². The van der Waals surface area contributed by atoms with Gasteiger partial charge >= 0.3 is 0 Å². The van der Waals surface area contributed by atoms with Gasteiger partial charge in [-0.25, -0.2) is 4.98 Å². The fourth-order valence-corrected chi connectivity index (χ4v) is 4.23. The number of nitrogens with one attached hydrogen (secondary N) is 2. The predicted octanol–water partition coefficient (Wildman–Crippen LogP) is 9.29. The van der Waals surface area contributed by atoms with E-state index in [0.29, 0.717) is 5.54 Å². The topological polar surface area (TPSA) is 66.9 Å². The highest BCUT2D eigenvalue weighted by Gasteiger charge is 2.16. The fourth-order valence-electron chi connectivity index (χ4n) is 4.23. The van der Waals surface area contributed by atoms with Crippen LogP contribution in [-0.4, -0.2) is 29.3 Å². The Morgan fingerprint density at radius 1 is 0.762 bits per heavy atom. The highest BCUT2D eigenvalue weighted by atomic mass is 16.1. The molecule has 0 aliphatic heterocycles. The lowest BCUT2D eigenvalue weighted by atomic mass is 9.94. The molecule has 42 heavy (non-hydrogen) atoms. The lowest BCUT2D eigenvalue weighted by Gasteiger charge is -2.20. The number of fused-ring (bicyclic) bond motifs is 1. The molecular formula is C37H46N4O. The lowest BCUT2D eigenvalue weighted by Crippen LogP contribution is -2.31. The van der Waals surface area contributed by atoms with Gasteiger partial charge in [0.05, 0.1) is 0 Å². The van der Waals surface area contributed by atoms with E-state index in [1.54, 1.807) is 0 Å². The second-order valence-corrected chi connectivity index (χ2v) is 10.6. The molecule has 5 heteroatoms. The molecule has 5 nitrogen and oxygen atoms in total. The molecule has 1 atom stereocenters. The van der Waals surface area contributed by atoms with Gasteiger partial charge in [0.2, 0.25) is 0 Å². The Kier molecular flexibility index (Phi) is 13.5. The van der Waals surface area contributed by atoms with Crippen LogP contribution in [0.25, 0.3) is 33.0 Å². The van der Waals surface area contributed by atoms with Crippen molar-refractivity contribution in [2.75, 3.05) is 12.4 Å². The van der Waals surface area contributed by atoms with Crippen LogP contribution in [0.15, 0.2) is 104 Å². The zero-order valence-electron chi connectivity index (χ0n) is 26.4. The van der Waals surface area contributed by atoms with E-state index in [2.05, 4.69) is 123 Å². The number of pyridine rings is 2. The third-order valence-corrected chi connectivity index (χ3v) is 6.59. The Bertz CT molecular complexity index is 1500. The third kappa shape index (κ3) is 9.35. The molecule has 5 aromatic rings. The molecule has 2 N–H and O–H groups in total. The standard InChI is InChI=1S/C29H25N3.C5H13N.C2H6.CH2O/c1-20-16-24(18-30-17-20)27-19-31-29(32-21(2)22-10-5-3-6-11-22)28-25(14-9-15-26(27)28)23-12-7-4-8-13-23;1-5(2,3)6-4;2*1-2/h3-19,21H,1-2H3,(H,31,32);6H,1-4H3;1-2H3;1H2. The summed E-state index contributed by atoms with van der Waals surface area (Å²) >= 11 is 0. The van der Waals surface area contributed by atoms with E-state index in [9.17, 15) is 0 Å². The van der Waals surface area contributed by atoms with Crippen molar-refractivity contribution in [1.82, 2.24) is 15.3 Å². The van der Waals surface area contributed by atoms with Crippen molar-refractivity contribution < 1.29 is 4.79 Å². The van der Waals surface area contributed by atoms with Gasteiger partial charge in [-0.15, -0.1) is 0 Å². The minimum absolute atomic E-state index is 0.127. The Hall–Kier alpha value is -4.35. The van der Waals surface area contributed by atoms with Gasteiger partial charge in [0.15, 0.2) is 0 Å². The lowest BCUT2D eigenvalue weighted by molar-refractivity contribution is -0.0980. The number of carbonyl (C=O) groups is 1. The summed E-state index contributed by atoms with van der Waals surface area (Å²) < 4.78 is 0. The number of hydrogen-bond acceptors (Lipinski definition) is 5. The first kappa shape index (κ1) is 33.9. The first-order valence-electron chi connectivity index (χ1n) is 14.5. The number of benzene rings is 3. The average molecular weight is 563 g/mol. The third-order valence-electron chi connectivity index (χ3n) is 6.59. The molecule has 0 bridgehead atoms. The molecule has 5 rings (SSSR count). The number of anilines is 1. The summed E-state index contributed by atoms with van der Waals surface area (Å²) in [5.74, 6) is 0.889. The minimum atomic E-state index is 0.127. The number of rotatable bonds is 5. The number of aromatic nitrogens is 2. The van der Waals surface area contributed by atoms with Crippen molar-refractivity contribution in [1.29, 1.82) is 0 Å². The van der Waals surface area contributed by atoms with Gasteiger partial charge in [0, 0.05) is 46.7 Å².